The predicted octanol–water partition coefficient (Wildman–Crippen LogP) is 1.47. The minimum atomic E-state index is 0.315. The topological polar surface area (TPSA) is 75.7 Å². The third kappa shape index (κ3) is 1.83. The summed E-state index contributed by atoms with van der Waals surface area (Å²) in [6.45, 7) is 0. The van der Waals surface area contributed by atoms with Crippen molar-refractivity contribution in [2.45, 2.75) is 0 Å². The van der Waals surface area contributed by atoms with Crippen LogP contribution in [0.4, 0.5) is 5.69 Å². The Bertz CT molecular complexity index is 479. The van der Waals surface area contributed by atoms with Gasteiger partial charge in [0.1, 0.15) is 6.33 Å². The van der Waals surface area contributed by atoms with Crippen molar-refractivity contribution in [1.29, 1.82) is 5.41 Å². The highest BCUT2D eigenvalue weighted by molar-refractivity contribution is 6.12. The van der Waals surface area contributed by atoms with Crippen LogP contribution in [0.3, 0.4) is 0 Å². The molecule has 1 aromatic carbocycles. The van der Waals surface area contributed by atoms with Crippen LogP contribution >= 0.6 is 0 Å². The second-order valence-corrected chi connectivity index (χ2v) is 3.06. The summed E-state index contributed by atoms with van der Waals surface area (Å²) in [5, 5.41) is 7.94. The van der Waals surface area contributed by atoms with Gasteiger partial charge in [-0.15, -0.1) is 0 Å². The van der Waals surface area contributed by atoms with Crippen LogP contribution in [-0.2, 0) is 0 Å². The van der Waals surface area contributed by atoms with E-state index >= 15 is 0 Å². The molecule has 0 spiro atoms. The molecule has 0 saturated heterocycles. The number of nitrogens with one attached hydrogen (secondary N) is 1. The number of anilines is 1. The predicted molar refractivity (Wildman–Crippen MR) is 58.8 cm³/mol. The molecule has 15 heavy (non-hydrogen) atoms. The molecule has 2 aromatic rings. The average Bonchev–Trinajstić information content (AvgIpc) is 2.30. The van der Waals surface area contributed by atoms with E-state index in [0.29, 0.717) is 22.7 Å². The fraction of sp³-hybridized carbons (Fsp3) is 0. The van der Waals surface area contributed by atoms with Gasteiger partial charge in [0.25, 0.3) is 0 Å². The summed E-state index contributed by atoms with van der Waals surface area (Å²) in [6, 6.07) is 8.95. The Morgan fingerprint density at radius 2 is 2.00 bits per heavy atom. The third-order valence-electron chi connectivity index (χ3n) is 2.07. The van der Waals surface area contributed by atoms with E-state index in [1.54, 1.807) is 24.4 Å². The first-order chi connectivity index (χ1) is 7.29. The summed E-state index contributed by atoms with van der Waals surface area (Å²) in [5.74, 6) is 0. The lowest BCUT2D eigenvalue weighted by Gasteiger charge is -2.05. The summed E-state index contributed by atoms with van der Waals surface area (Å²) in [6.07, 6.45) is 3.03. The Labute approximate surface area is 87.3 Å². The van der Waals surface area contributed by atoms with E-state index in [9.17, 15) is 0 Å². The highest BCUT2D eigenvalue weighted by atomic mass is 14.8. The van der Waals surface area contributed by atoms with E-state index in [1.807, 2.05) is 12.1 Å². The summed E-state index contributed by atoms with van der Waals surface area (Å²) < 4.78 is 0. The molecule has 4 heteroatoms. The quantitative estimate of drug-likeness (QED) is 0.566. The van der Waals surface area contributed by atoms with Gasteiger partial charge in [0, 0.05) is 17.4 Å². The molecule has 0 aliphatic heterocycles. The zero-order valence-electron chi connectivity index (χ0n) is 8.01. The molecule has 3 N–H and O–H groups in total. The van der Waals surface area contributed by atoms with Gasteiger partial charge in [-0.25, -0.2) is 9.97 Å². The molecule has 0 fully saturated rings. The second kappa shape index (κ2) is 3.88. The highest BCUT2D eigenvalue weighted by Gasteiger charge is 2.07. The Morgan fingerprint density at radius 1 is 1.20 bits per heavy atom. The van der Waals surface area contributed by atoms with Crippen LogP contribution < -0.4 is 5.73 Å². The van der Waals surface area contributed by atoms with Crippen molar-refractivity contribution in [3.63, 3.8) is 0 Å². The lowest BCUT2D eigenvalue weighted by atomic mass is 10.1. The fourth-order valence-corrected chi connectivity index (χ4v) is 1.30. The SMILES string of the molecule is N=C(c1ccncn1)c1ccccc1N. The molecule has 0 aliphatic rings. The second-order valence-electron chi connectivity index (χ2n) is 3.06. The van der Waals surface area contributed by atoms with Gasteiger partial charge >= 0.3 is 0 Å². The molecule has 4 nitrogen and oxygen atoms in total. The largest absolute Gasteiger partial charge is 0.398 e. The van der Waals surface area contributed by atoms with E-state index in [0.717, 1.165) is 0 Å². The molecule has 0 atom stereocenters. The Morgan fingerprint density at radius 3 is 2.67 bits per heavy atom. The number of nitrogens with two attached hydrogens (primary N) is 1. The van der Waals surface area contributed by atoms with E-state index in [1.165, 1.54) is 6.33 Å². The Kier molecular flexibility index (Phi) is 2.41. The number of para-hydroxylation sites is 1. The highest BCUT2D eigenvalue weighted by Crippen LogP contribution is 2.14. The number of nitrogens with zero attached hydrogens (tertiary/aromatic N) is 2. The van der Waals surface area contributed by atoms with Gasteiger partial charge in [-0.2, -0.15) is 0 Å². The maximum Gasteiger partial charge on any atom is 0.116 e. The van der Waals surface area contributed by atoms with Gasteiger partial charge in [0.05, 0.1) is 11.4 Å². The van der Waals surface area contributed by atoms with E-state index in [-0.39, 0.29) is 0 Å². The van der Waals surface area contributed by atoms with Gasteiger partial charge in [0.2, 0.25) is 0 Å². The molecule has 1 heterocycles. The van der Waals surface area contributed by atoms with Gasteiger partial charge in [0.15, 0.2) is 0 Å². The molecule has 2 rings (SSSR count). The summed E-state index contributed by atoms with van der Waals surface area (Å²) >= 11 is 0. The fourth-order valence-electron chi connectivity index (χ4n) is 1.30. The lowest BCUT2D eigenvalue weighted by Crippen LogP contribution is -2.07. The zero-order valence-corrected chi connectivity index (χ0v) is 8.01. The molecule has 0 saturated carbocycles. The van der Waals surface area contributed by atoms with E-state index < -0.39 is 0 Å². The van der Waals surface area contributed by atoms with Crippen molar-refractivity contribution >= 4 is 11.4 Å². The van der Waals surface area contributed by atoms with Gasteiger partial charge in [-0.3, -0.25) is 5.41 Å². The molecule has 0 amide bonds. The van der Waals surface area contributed by atoms with Gasteiger partial charge < -0.3 is 5.73 Å². The number of hydrogen-bond acceptors (Lipinski definition) is 4. The minimum absolute atomic E-state index is 0.315. The lowest BCUT2D eigenvalue weighted by molar-refractivity contribution is 1.14. The van der Waals surface area contributed by atoms with Crippen molar-refractivity contribution < 1.29 is 0 Å². The van der Waals surface area contributed by atoms with Crippen LogP contribution in [0.15, 0.2) is 42.9 Å². The summed E-state index contributed by atoms with van der Waals surface area (Å²) in [5.41, 5.74) is 7.94. The van der Waals surface area contributed by atoms with Crippen molar-refractivity contribution in [3.05, 3.63) is 54.1 Å². The first-order valence-corrected chi connectivity index (χ1v) is 4.49. The van der Waals surface area contributed by atoms with Crippen molar-refractivity contribution in [3.8, 4) is 0 Å². The molecule has 0 unspecified atom stereocenters. The third-order valence-corrected chi connectivity index (χ3v) is 2.07. The average molecular weight is 198 g/mol. The van der Waals surface area contributed by atoms with Crippen LogP contribution in [0, 0.1) is 5.41 Å². The number of benzene rings is 1. The van der Waals surface area contributed by atoms with Crippen LogP contribution in [0.2, 0.25) is 0 Å². The first-order valence-electron chi connectivity index (χ1n) is 4.49. The summed E-state index contributed by atoms with van der Waals surface area (Å²) in [7, 11) is 0. The number of aromatic nitrogens is 2. The van der Waals surface area contributed by atoms with Crippen molar-refractivity contribution in [2.24, 2.45) is 0 Å². The van der Waals surface area contributed by atoms with Gasteiger partial charge in [-0.1, -0.05) is 18.2 Å². The molecule has 0 radical (unpaired) electrons. The standard InChI is InChI=1S/C11H10N4/c12-9-4-2-1-3-8(9)11(13)10-5-6-14-7-15-10/h1-7,13H,12H2. The Hall–Kier alpha value is -2.23. The number of rotatable bonds is 2. The minimum Gasteiger partial charge on any atom is -0.398 e. The van der Waals surface area contributed by atoms with E-state index in [2.05, 4.69) is 9.97 Å². The first kappa shape index (κ1) is 9.33. The maximum absolute atomic E-state index is 7.94. The van der Waals surface area contributed by atoms with E-state index in [4.69, 9.17) is 11.1 Å². The molecule has 0 aliphatic carbocycles. The van der Waals surface area contributed by atoms with Crippen LogP contribution in [0.25, 0.3) is 0 Å². The zero-order chi connectivity index (χ0) is 10.7. The normalized spacial score (nSPS) is 9.87. The smallest absolute Gasteiger partial charge is 0.116 e. The van der Waals surface area contributed by atoms with Crippen molar-refractivity contribution in [2.75, 3.05) is 5.73 Å². The molecule has 1 aromatic heterocycles. The summed E-state index contributed by atoms with van der Waals surface area (Å²) in [4.78, 5) is 7.81. The molecular weight excluding hydrogens is 188 g/mol. The Balaban J connectivity index is 2.42. The number of nitrogen functional groups attached to an aromatic ring is 1. The van der Waals surface area contributed by atoms with Crippen LogP contribution in [0.1, 0.15) is 11.3 Å². The van der Waals surface area contributed by atoms with Crippen LogP contribution in [-0.4, -0.2) is 15.7 Å². The molecule has 0 bridgehead atoms. The van der Waals surface area contributed by atoms with Crippen molar-refractivity contribution in [1.82, 2.24) is 9.97 Å². The maximum atomic E-state index is 7.94. The van der Waals surface area contributed by atoms with Gasteiger partial charge in [-0.05, 0) is 12.1 Å². The monoisotopic (exact) mass is 198 g/mol. The molecular formula is C11H10N4. The van der Waals surface area contributed by atoms with Crippen LogP contribution in [0.5, 0.6) is 0 Å². The number of hydrogen-bond donors (Lipinski definition) is 2. The molecule has 74 valence electrons.